The van der Waals surface area contributed by atoms with Crippen molar-refractivity contribution < 1.29 is 18.3 Å². The van der Waals surface area contributed by atoms with Gasteiger partial charge >= 0.3 is 0 Å². The zero-order valence-electron chi connectivity index (χ0n) is 11.9. The Morgan fingerprint density at radius 3 is 2.57 bits per heavy atom. The van der Waals surface area contributed by atoms with Crippen molar-refractivity contribution in [3.05, 3.63) is 29.8 Å². The molecule has 116 valence electrons. The molecule has 0 saturated carbocycles. The maximum atomic E-state index is 12.0. The van der Waals surface area contributed by atoms with Gasteiger partial charge in [0, 0.05) is 18.2 Å². The lowest BCUT2D eigenvalue weighted by atomic mass is 10.2. The minimum Gasteiger partial charge on any atom is -0.394 e. The summed E-state index contributed by atoms with van der Waals surface area (Å²) in [6.45, 7) is 2.05. The first-order chi connectivity index (χ1) is 9.94. The molecule has 1 aromatic rings. The molecular formula is C14H20N2O4S. The Labute approximate surface area is 124 Å². The Balaban J connectivity index is 2.13. The Morgan fingerprint density at radius 1 is 1.33 bits per heavy atom. The van der Waals surface area contributed by atoms with Crippen LogP contribution in [0.15, 0.2) is 24.3 Å². The summed E-state index contributed by atoms with van der Waals surface area (Å²) in [7, 11) is -3.23. The highest BCUT2D eigenvalue weighted by Crippen LogP contribution is 2.23. The Hall–Kier alpha value is -1.60. The second kappa shape index (κ2) is 6.44. The number of benzene rings is 1. The predicted octanol–water partition coefficient (Wildman–Crippen LogP) is 0.727. The number of anilines is 1. The summed E-state index contributed by atoms with van der Waals surface area (Å²) in [4.78, 5) is 11.9. The van der Waals surface area contributed by atoms with Crippen molar-refractivity contribution in [3.63, 3.8) is 0 Å². The van der Waals surface area contributed by atoms with Gasteiger partial charge in [0.2, 0.25) is 10.0 Å². The van der Waals surface area contributed by atoms with Gasteiger partial charge in [-0.05, 0) is 44.0 Å². The minimum atomic E-state index is -3.23. The van der Waals surface area contributed by atoms with E-state index in [-0.39, 0.29) is 24.3 Å². The Morgan fingerprint density at radius 2 is 2.00 bits per heavy atom. The van der Waals surface area contributed by atoms with Gasteiger partial charge in [-0.2, -0.15) is 0 Å². The predicted molar refractivity (Wildman–Crippen MR) is 80.8 cm³/mol. The summed E-state index contributed by atoms with van der Waals surface area (Å²) in [5.74, 6) is -0.118. The largest absolute Gasteiger partial charge is 0.394 e. The molecule has 0 unspecified atom stereocenters. The first-order valence-electron chi connectivity index (χ1n) is 6.96. The molecule has 1 heterocycles. The summed E-state index contributed by atoms with van der Waals surface area (Å²) in [6, 6.07) is 6.15. The molecule has 0 radical (unpaired) electrons. The second-order valence-electron chi connectivity index (χ2n) is 5.20. The van der Waals surface area contributed by atoms with Crippen molar-refractivity contribution in [2.75, 3.05) is 23.2 Å². The van der Waals surface area contributed by atoms with E-state index in [0.717, 1.165) is 6.42 Å². The molecule has 1 amide bonds. The normalized spacial score (nSPS) is 19.0. The average molecular weight is 312 g/mol. The number of carbonyl (C=O) groups is 1. The first-order valence-corrected chi connectivity index (χ1v) is 8.57. The third-order valence-corrected chi connectivity index (χ3v) is 5.29. The monoisotopic (exact) mass is 312 g/mol. The highest BCUT2D eigenvalue weighted by Gasteiger charge is 2.25. The first kappa shape index (κ1) is 15.8. The fourth-order valence-corrected chi connectivity index (χ4v) is 3.85. The van der Waals surface area contributed by atoms with Crippen molar-refractivity contribution in [1.29, 1.82) is 0 Å². The number of carbonyl (C=O) groups excluding carboxylic acids is 1. The molecule has 1 atom stereocenters. The van der Waals surface area contributed by atoms with Gasteiger partial charge in [-0.25, -0.2) is 8.42 Å². The molecule has 0 bridgehead atoms. The van der Waals surface area contributed by atoms with Crippen molar-refractivity contribution in [2.24, 2.45) is 0 Å². The number of nitrogens with one attached hydrogen (secondary N) is 1. The van der Waals surface area contributed by atoms with Gasteiger partial charge in [0.05, 0.1) is 18.0 Å². The standard InChI is InChI=1S/C14H20N2O4S/c1-11(10-17)15-14(18)12-4-6-13(7-5-12)16-8-2-3-9-21(16,19)20/h4-7,11,17H,2-3,8-10H2,1H3,(H,15,18)/t11-/m0/s1. The zero-order chi connectivity index (χ0) is 15.5. The number of aliphatic hydroxyl groups excluding tert-OH is 1. The van der Waals surface area contributed by atoms with Gasteiger partial charge in [-0.3, -0.25) is 9.10 Å². The van der Waals surface area contributed by atoms with Crippen molar-refractivity contribution in [2.45, 2.75) is 25.8 Å². The molecular weight excluding hydrogens is 292 g/mol. The van der Waals surface area contributed by atoms with Crippen molar-refractivity contribution in [3.8, 4) is 0 Å². The van der Waals surface area contributed by atoms with Crippen LogP contribution in [0.3, 0.4) is 0 Å². The second-order valence-corrected chi connectivity index (χ2v) is 7.21. The molecule has 7 heteroatoms. The maximum Gasteiger partial charge on any atom is 0.251 e. The average Bonchev–Trinajstić information content (AvgIpc) is 2.47. The maximum absolute atomic E-state index is 12.0. The fraction of sp³-hybridized carbons (Fsp3) is 0.500. The molecule has 0 aromatic heterocycles. The van der Waals surface area contributed by atoms with Crippen LogP contribution in [0.25, 0.3) is 0 Å². The van der Waals surface area contributed by atoms with E-state index in [2.05, 4.69) is 5.32 Å². The molecule has 1 aliphatic rings. The topological polar surface area (TPSA) is 86.7 Å². The number of sulfonamides is 1. The molecule has 1 fully saturated rings. The number of nitrogens with zero attached hydrogens (tertiary/aromatic N) is 1. The van der Waals surface area contributed by atoms with E-state index in [1.165, 1.54) is 4.31 Å². The highest BCUT2D eigenvalue weighted by molar-refractivity contribution is 7.92. The fourth-order valence-electron chi connectivity index (χ4n) is 2.21. The molecule has 21 heavy (non-hydrogen) atoms. The quantitative estimate of drug-likeness (QED) is 0.858. The number of hydrogen-bond donors (Lipinski definition) is 2. The number of hydrogen-bond acceptors (Lipinski definition) is 4. The molecule has 1 aliphatic heterocycles. The molecule has 6 nitrogen and oxygen atoms in total. The molecule has 1 saturated heterocycles. The van der Waals surface area contributed by atoms with E-state index in [1.807, 2.05) is 0 Å². The van der Waals surface area contributed by atoms with Gasteiger partial charge in [-0.1, -0.05) is 0 Å². The lowest BCUT2D eigenvalue weighted by molar-refractivity contribution is 0.0922. The van der Waals surface area contributed by atoms with Crippen LogP contribution in [0.2, 0.25) is 0 Å². The van der Waals surface area contributed by atoms with Gasteiger partial charge in [-0.15, -0.1) is 0 Å². The van der Waals surface area contributed by atoms with Crippen LogP contribution in [0.1, 0.15) is 30.1 Å². The van der Waals surface area contributed by atoms with E-state index in [9.17, 15) is 13.2 Å². The Bertz CT molecular complexity index is 598. The number of amides is 1. The third kappa shape index (κ3) is 3.74. The third-order valence-electron chi connectivity index (χ3n) is 3.42. The molecule has 0 spiro atoms. The summed E-state index contributed by atoms with van der Waals surface area (Å²) >= 11 is 0. The number of aliphatic hydroxyl groups is 1. The smallest absolute Gasteiger partial charge is 0.251 e. The van der Waals surface area contributed by atoms with Crippen LogP contribution in [0.5, 0.6) is 0 Å². The van der Waals surface area contributed by atoms with E-state index < -0.39 is 10.0 Å². The van der Waals surface area contributed by atoms with E-state index >= 15 is 0 Å². The van der Waals surface area contributed by atoms with Gasteiger partial charge < -0.3 is 10.4 Å². The minimum absolute atomic E-state index is 0.129. The van der Waals surface area contributed by atoms with Crippen molar-refractivity contribution >= 4 is 21.6 Å². The highest BCUT2D eigenvalue weighted by atomic mass is 32.2. The van der Waals surface area contributed by atoms with Crippen LogP contribution in [-0.2, 0) is 10.0 Å². The SMILES string of the molecule is C[C@@H](CO)NC(=O)c1ccc(N2CCCCS2(=O)=O)cc1. The van der Waals surface area contributed by atoms with Crippen molar-refractivity contribution in [1.82, 2.24) is 5.32 Å². The summed E-state index contributed by atoms with van der Waals surface area (Å²) in [6.07, 6.45) is 1.54. The van der Waals surface area contributed by atoms with E-state index in [0.29, 0.717) is 24.2 Å². The van der Waals surface area contributed by atoms with Crippen LogP contribution >= 0.6 is 0 Å². The van der Waals surface area contributed by atoms with Crippen LogP contribution in [0, 0.1) is 0 Å². The van der Waals surface area contributed by atoms with E-state index in [1.54, 1.807) is 31.2 Å². The lowest BCUT2D eigenvalue weighted by Crippen LogP contribution is -2.38. The van der Waals surface area contributed by atoms with Gasteiger partial charge in [0.25, 0.3) is 5.91 Å². The van der Waals surface area contributed by atoms with Crippen LogP contribution in [0.4, 0.5) is 5.69 Å². The van der Waals surface area contributed by atoms with Crippen LogP contribution < -0.4 is 9.62 Å². The Kier molecular flexibility index (Phi) is 4.84. The molecule has 0 aliphatic carbocycles. The van der Waals surface area contributed by atoms with Gasteiger partial charge in [0.15, 0.2) is 0 Å². The zero-order valence-corrected chi connectivity index (χ0v) is 12.8. The van der Waals surface area contributed by atoms with E-state index in [4.69, 9.17) is 5.11 Å². The summed E-state index contributed by atoms with van der Waals surface area (Å²) < 4.78 is 25.4. The van der Waals surface area contributed by atoms with Gasteiger partial charge in [0.1, 0.15) is 0 Å². The molecule has 2 N–H and O–H groups in total. The molecule has 2 rings (SSSR count). The summed E-state index contributed by atoms with van der Waals surface area (Å²) in [5, 5.41) is 11.6. The number of rotatable bonds is 4. The lowest BCUT2D eigenvalue weighted by Gasteiger charge is -2.28. The summed E-state index contributed by atoms with van der Waals surface area (Å²) in [5.41, 5.74) is 1.02. The molecule has 1 aromatic carbocycles. The van der Waals surface area contributed by atoms with Crippen LogP contribution in [-0.4, -0.2) is 44.4 Å².